The number of amides is 3. The van der Waals surface area contributed by atoms with E-state index in [0.717, 1.165) is 4.90 Å². The Bertz CT molecular complexity index is 597. The van der Waals surface area contributed by atoms with Gasteiger partial charge in [-0.3, -0.25) is 9.59 Å². The Morgan fingerprint density at radius 2 is 2.00 bits per heavy atom. The van der Waals surface area contributed by atoms with Crippen molar-refractivity contribution in [2.75, 3.05) is 26.2 Å². The second-order valence-electron chi connectivity index (χ2n) is 5.11. The van der Waals surface area contributed by atoms with Gasteiger partial charge in [0, 0.05) is 25.6 Å². The quantitative estimate of drug-likeness (QED) is 0.829. The van der Waals surface area contributed by atoms with Crippen LogP contribution in [0.5, 0.6) is 0 Å². The molecular weight excluding hydrogens is 279 g/mol. The fraction of sp³-hybridized carbons (Fsp3) is 0.357. The van der Waals surface area contributed by atoms with Crippen LogP contribution in [0.4, 0.5) is 9.18 Å². The molecule has 0 bridgehead atoms. The molecule has 3 amide bonds. The van der Waals surface area contributed by atoms with Crippen LogP contribution in [0.2, 0.25) is 0 Å². The maximum absolute atomic E-state index is 13.5. The van der Waals surface area contributed by atoms with E-state index in [2.05, 4.69) is 4.74 Å². The fourth-order valence-corrected chi connectivity index (χ4v) is 2.47. The predicted octanol–water partition coefficient (Wildman–Crippen LogP) is 0.877. The Morgan fingerprint density at radius 3 is 2.62 bits per heavy atom. The first-order valence-electron chi connectivity index (χ1n) is 6.57. The fourth-order valence-electron chi connectivity index (χ4n) is 2.47. The molecule has 2 fully saturated rings. The molecule has 3 rings (SSSR count). The normalized spacial score (nSPS) is 18.7. The maximum atomic E-state index is 13.5. The van der Waals surface area contributed by atoms with Gasteiger partial charge < -0.3 is 9.64 Å². The highest BCUT2D eigenvalue weighted by molar-refractivity contribution is 5.98. The number of benzene rings is 1. The summed E-state index contributed by atoms with van der Waals surface area (Å²) in [5.74, 6) is -1.28. The summed E-state index contributed by atoms with van der Waals surface area (Å²) in [6, 6.07) is 5.80. The van der Waals surface area contributed by atoms with Crippen molar-refractivity contribution in [2.24, 2.45) is 5.92 Å². The van der Waals surface area contributed by atoms with Gasteiger partial charge in [-0.1, -0.05) is 12.1 Å². The van der Waals surface area contributed by atoms with Gasteiger partial charge in [-0.05, 0) is 12.1 Å². The number of rotatable bonds is 3. The van der Waals surface area contributed by atoms with Crippen molar-refractivity contribution in [1.29, 1.82) is 0 Å². The van der Waals surface area contributed by atoms with Crippen molar-refractivity contribution < 1.29 is 23.5 Å². The molecule has 110 valence electrons. The third kappa shape index (κ3) is 2.46. The average Bonchev–Trinajstić information content (AvgIpc) is 2.73. The van der Waals surface area contributed by atoms with E-state index in [1.54, 1.807) is 6.07 Å². The van der Waals surface area contributed by atoms with Crippen LogP contribution < -0.4 is 0 Å². The zero-order chi connectivity index (χ0) is 15.0. The lowest BCUT2D eigenvalue weighted by Crippen LogP contribution is -2.54. The first kappa shape index (κ1) is 13.5. The van der Waals surface area contributed by atoms with Crippen LogP contribution in [-0.4, -0.2) is 53.9 Å². The molecule has 1 aromatic rings. The lowest BCUT2D eigenvalue weighted by atomic mass is 9.98. The Morgan fingerprint density at radius 1 is 1.29 bits per heavy atom. The molecule has 1 aromatic carbocycles. The summed E-state index contributed by atoms with van der Waals surface area (Å²) in [6.45, 7) is 0.802. The number of nitrogens with zero attached hydrogens (tertiary/aromatic N) is 2. The average molecular weight is 292 g/mol. The monoisotopic (exact) mass is 292 g/mol. The highest BCUT2D eigenvalue weighted by Crippen LogP contribution is 2.22. The second kappa shape index (κ2) is 5.16. The summed E-state index contributed by atoms with van der Waals surface area (Å²) in [4.78, 5) is 37.3. The summed E-state index contributed by atoms with van der Waals surface area (Å²) in [5.41, 5.74) is 0.0348. The molecule has 0 N–H and O–H groups in total. The van der Waals surface area contributed by atoms with Crippen LogP contribution >= 0.6 is 0 Å². The molecule has 0 aliphatic carbocycles. The summed E-state index contributed by atoms with van der Waals surface area (Å²) < 4.78 is 18.1. The molecule has 0 aromatic heterocycles. The number of likely N-dealkylation sites (tertiary alicyclic amines) is 1. The van der Waals surface area contributed by atoms with Crippen molar-refractivity contribution in [3.05, 3.63) is 35.6 Å². The predicted molar refractivity (Wildman–Crippen MR) is 68.9 cm³/mol. The zero-order valence-electron chi connectivity index (χ0n) is 11.1. The van der Waals surface area contributed by atoms with Gasteiger partial charge in [-0.15, -0.1) is 0 Å². The van der Waals surface area contributed by atoms with Gasteiger partial charge in [-0.25, -0.2) is 14.1 Å². The van der Waals surface area contributed by atoms with Crippen LogP contribution in [0, 0.1) is 11.7 Å². The van der Waals surface area contributed by atoms with Gasteiger partial charge in [-0.2, -0.15) is 0 Å². The molecule has 0 atom stereocenters. The Kier molecular flexibility index (Phi) is 3.32. The van der Waals surface area contributed by atoms with Crippen molar-refractivity contribution >= 4 is 17.9 Å². The number of hydrogen-bond donors (Lipinski definition) is 0. The van der Waals surface area contributed by atoms with Crippen molar-refractivity contribution in [3.63, 3.8) is 0 Å². The molecule has 21 heavy (non-hydrogen) atoms. The molecule has 0 unspecified atom stereocenters. The Hall–Kier alpha value is -2.44. The number of hydrogen-bond acceptors (Lipinski definition) is 4. The highest BCUT2D eigenvalue weighted by atomic mass is 19.1. The molecule has 2 heterocycles. The van der Waals surface area contributed by atoms with Gasteiger partial charge in [0.05, 0.1) is 5.56 Å². The van der Waals surface area contributed by atoms with Crippen LogP contribution in [0.25, 0.3) is 0 Å². The van der Waals surface area contributed by atoms with Crippen molar-refractivity contribution in [2.45, 2.75) is 0 Å². The van der Waals surface area contributed by atoms with E-state index >= 15 is 0 Å². The van der Waals surface area contributed by atoms with E-state index in [4.69, 9.17) is 0 Å². The van der Waals surface area contributed by atoms with Crippen molar-refractivity contribution in [1.82, 2.24) is 9.80 Å². The zero-order valence-corrected chi connectivity index (χ0v) is 11.1. The van der Waals surface area contributed by atoms with Crippen LogP contribution in [0.3, 0.4) is 0 Å². The van der Waals surface area contributed by atoms with E-state index in [-0.39, 0.29) is 36.4 Å². The number of ether oxygens (including phenoxy) is 1. The third-order valence-corrected chi connectivity index (χ3v) is 3.63. The number of imide groups is 1. The van der Waals surface area contributed by atoms with Gasteiger partial charge >= 0.3 is 6.09 Å². The van der Waals surface area contributed by atoms with Crippen molar-refractivity contribution in [3.8, 4) is 0 Å². The van der Waals surface area contributed by atoms with E-state index in [1.807, 2.05) is 0 Å². The Balaban J connectivity index is 1.56. The molecule has 2 aliphatic rings. The summed E-state index contributed by atoms with van der Waals surface area (Å²) in [6.07, 6.45) is -0.640. The van der Waals surface area contributed by atoms with E-state index in [0.29, 0.717) is 13.1 Å². The molecule has 6 nitrogen and oxygen atoms in total. The van der Waals surface area contributed by atoms with Crippen LogP contribution in [0.15, 0.2) is 24.3 Å². The summed E-state index contributed by atoms with van der Waals surface area (Å²) in [7, 11) is 0. The minimum atomic E-state index is -0.640. The van der Waals surface area contributed by atoms with Gasteiger partial charge in [0.25, 0.3) is 11.8 Å². The van der Waals surface area contributed by atoms with E-state index in [1.165, 1.54) is 23.1 Å². The number of carbonyl (C=O) groups excluding carboxylic acids is 3. The first-order valence-corrected chi connectivity index (χ1v) is 6.57. The molecular formula is C14H13FN2O4. The SMILES string of the molecule is O=C(c1ccccc1F)N1CC(CN2C(=O)COC2=O)C1. The molecule has 7 heteroatoms. The maximum Gasteiger partial charge on any atom is 0.417 e. The topological polar surface area (TPSA) is 66.9 Å². The first-order chi connectivity index (χ1) is 10.1. The number of carbonyl (C=O) groups is 3. The Labute approximate surface area is 120 Å². The molecule has 2 aliphatic heterocycles. The van der Waals surface area contributed by atoms with Crippen LogP contribution in [0.1, 0.15) is 10.4 Å². The minimum Gasteiger partial charge on any atom is -0.439 e. The second-order valence-corrected chi connectivity index (χ2v) is 5.11. The lowest BCUT2D eigenvalue weighted by molar-refractivity contribution is -0.126. The minimum absolute atomic E-state index is 0.00956. The molecule has 0 saturated carbocycles. The lowest BCUT2D eigenvalue weighted by Gasteiger charge is -2.40. The number of halogens is 1. The molecule has 2 saturated heterocycles. The third-order valence-electron chi connectivity index (χ3n) is 3.63. The van der Waals surface area contributed by atoms with E-state index < -0.39 is 11.9 Å². The molecule has 0 radical (unpaired) electrons. The van der Waals surface area contributed by atoms with Crippen LogP contribution in [-0.2, 0) is 9.53 Å². The summed E-state index contributed by atoms with van der Waals surface area (Å²) >= 11 is 0. The van der Waals surface area contributed by atoms with E-state index in [9.17, 15) is 18.8 Å². The van der Waals surface area contributed by atoms with Gasteiger partial charge in [0.1, 0.15) is 5.82 Å². The molecule has 0 spiro atoms. The standard InChI is InChI=1S/C14H13FN2O4/c15-11-4-2-1-3-10(11)13(19)16-5-9(6-16)7-17-12(18)8-21-14(17)20/h1-4,9H,5-8H2. The van der Waals surface area contributed by atoms with Gasteiger partial charge in [0.15, 0.2) is 6.61 Å². The largest absolute Gasteiger partial charge is 0.439 e. The highest BCUT2D eigenvalue weighted by Gasteiger charge is 2.38. The summed E-state index contributed by atoms with van der Waals surface area (Å²) in [5, 5.41) is 0. The van der Waals surface area contributed by atoms with Gasteiger partial charge in [0.2, 0.25) is 0 Å². The smallest absolute Gasteiger partial charge is 0.417 e. The number of cyclic esters (lactones) is 1.